The lowest BCUT2D eigenvalue weighted by Crippen LogP contribution is -2.35. The summed E-state index contributed by atoms with van der Waals surface area (Å²) in [6, 6.07) is 5.49. The quantitative estimate of drug-likeness (QED) is 0.854. The van der Waals surface area contributed by atoms with Crippen LogP contribution in [-0.4, -0.2) is 24.7 Å². The molecule has 2 aromatic rings. The van der Waals surface area contributed by atoms with Gasteiger partial charge in [0.05, 0.1) is 16.9 Å². The van der Waals surface area contributed by atoms with Gasteiger partial charge in [-0.05, 0) is 24.5 Å². The minimum absolute atomic E-state index is 0.188. The molecule has 0 fully saturated rings. The van der Waals surface area contributed by atoms with Gasteiger partial charge in [0.2, 0.25) is 0 Å². The normalized spacial score (nSPS) is 15.2. The number of benzene rings is 1. The minimum Gasteiger partial charge on any atom is -0.274 e. The second-order valence-corrected chi connectivity index (χ2v) is 7.05. The van der Waals surface area contributed by atoms with Crippen molar-refractivity contribution in [3.8, 4) is 0 Å². The summed E-state index contributed by atoms with van der Waals surface area (Å²) in [5, 5.41) is 4.40. The maximum absolute atomic E-state index is 12.7. The smallest absolute Gasteiger partial charge is 0.267 e. The molecule has 7 heteroatoms. The Bertz CT molecular complexity index is 755. The zero-order valence-corrected chi connectivity index (χ0v) is 12.5. The Labute approximate surface area is 122 Å². The lowest BCUT2D eigenvalue weighted by atomic mass is 10.0. The largest absolute Gasteiger partial charge is 0.274 e. The van der Waals surface area contributed by atoms with Crippen LogP contribution in [0.1, 0.15) is 12.0 Å². The fraction of sp³-hybridized carbons (Fsp3) is 0.308. The topological polar surface area (TPSA) is 55.2 Å². The van der Waals surface area contributed by atoms with Gasteiger partial charge in [0.15, 0.2) is 0 Å². The summed E-state index contributed by atoms with van der Waals surface area (Å²) in [5.74, 6) is 0. The number of nitrogens with zero attached hydrogens (tertiary/aromatic N) is 3. The molecule has 0 atom stereocenters. The molecule has 5 nitrogen and oxygen atoms in total. The number of rotatable bonds is 2. The standard InChI is InChI=1S/C13H14ClN3O2S/c1-16-9-11(8-15-16)20(18,19)17-7-3-5-10-4-2-6-12(14)13(10)17/h2,4,6,8-9H,3,5,7H2,1H3. The van der Waals surface area contributed by atoms with E-state index in [1.165, 1.54) is 21.4 Å². The molecule has 1 aliphatic rings. The molecule has 1 aliphatic heterocycles. The van der Waals surface area contributed by atoms with Crippen molar-refractivity contribution in [1.29, 1.82) is 0 Å². The number of aryl methyl sites for hydroxylation is 2. The summed E-state index contributed by atoms with van der Waals surface area (Å²) in [5.41, 5.74) is 1.57. The SMILES string of the molecule is Cn1cc(S(=O)(=O)N2CCCc3cccc(Cl)c32)cn1. The molecule has 0 aliphatic carbocycles. The summed E-state index contributed by atoms with van der Waals surface area (Å²) < 4.78 is 28.3. The van der Waals surface area contributed by atoms with E-state index in [-0.39, 0.29) is 4.90 Å². The Morgan fingerprint density at radius 2 is 2.15 bits per heavy atom. The zero-order chi connectivity index (χ0) is 14.3. The first kappa shape index (κ1) is 13.5. The molecule has 0 saturated carbocycles. The molecule has 2 heterocycles. The zero-order valence-electron chi connectivity index (χ0n) is 11.0. The minimum atomic E-state index is -3.61. The first-order valence-corrected chi connectivity index (χ1v) is 8.11. The Morgan fingerprint density at radius 1 is 1.35 bits per heavy atom. The van der Waals surface area contributed by atoms with Gasteiger partial charge >= 0.3 is 0 Å². The number of sulfonamides is 1. The van der Waals surface area contributed by atoms with Crippen molar-refractivity contribution >= 4 is 27.3 Å². The van der Waals surface area contributed by atoms with E-state index < -0.39 is 10.0 Å². The summed E-state index contributed by atoms with van der Waals surface area (Å²) in [6.07, 6.45) is 4.49. The van der Waals surface area contributed by atoms with Crippen LogP contribution < -0.4 is 4.31 Å². The van der Waals surface area contributed by atoms with Gasteiger partial charge in [-0.1, -0.05) is 23.7 Å². The average Bonchev–Trinajstić information content (AvgIpc) is 2.86. The number of para-hydroxylation sites is 1. The second-order valence-electron chi connectivity index (χ2n) is 4.78. The van der Waals surface area contributed by atoms with E-state index >= 15 is 0 Å². The van der Waals surface area contributed by atoms with Crippen LogP contribution in [0.15, 0.2) is 35.5 Å². The maximum Gasteiger partial charge on any atom is 0.267 e. The van der Waals surface area contributed by atoms with Gasteiger partial charge in [0.1, 0.15) is 4.90 Å². The first-order chi connectivity index (χ1) is 9.50. The summed E-state index contributed by atoms with van der Waals surface area (Å²) in [4.78, 5) is 0.188. The van der Waals surface area contributed by atoms with E-state index in [0.29, 0.717) is 17.3 Å². The molecule has 0 saturated heterocycles. The van der Waals surface area contributed by atoms with Crippen molar-refractivity contribution in [2.75, 3.05) is 10.8 Å². The molecule has 0 N–H and O–H groups in total. The summed E-state index contributed by atoms with van der Waals surface area (Å²) in [7, 11) is -1.92. The van der Waals surface area contributed by atoms with Crippen LogP contribution in [0, 0.1) is 0 Å². The molecule has 0 amide bonds. The number of aromatic nitrogens is 2. The third-order valence-corrected chi connectivity index (χ3v) is 5.45. The van der Waals surface area contributed by atoms with E-state index in [2.05, 4.69) is 5.10 Å². The maximum atomic E-state index is 12.7. The van der Waals surface area contributed by atoms with Crippen LogP contribution in [0.2, 0.25) is 5.02 Å². The molecule has 106 valence electrons. The van der Waals surface area contributed by atoms with Crippen LogP contribution in [0.3, 0.4) is 0 Å². The molecule has 0 bridgehead atoms. The van der Waals surface area contributed by atoms with Crippen molar-refractivity contribution in [3.05, 3.63) is 41.2 Å². The van der Waals surface area contributed by atoms with Crippen molar-refractivity contribution in [3.63, 3.8) is 0 Å². The highest BCUT2D eigenvalue weighted by molar-refractivity contribution is 7.92. The van der Waals surface area contributed by atoms with E-state index in [0.717, 1.165) is 18.4 Å². The van der Waals surface area contributed by atoms with Crippen LogP contribution >= 0.6 is 11.6 Å². The summed E-state index contributed by atoms with van der Waals surface area (Å²) >= 11 is 6.21. The highest BCUT2D eigenvalue weighted by Crippen LogP contribution is 2.37. The van der Waals surface area contributed by atoms with Crippen molar-refractivity contribution in [2.24, 2.45) is 7.05 Å². The molecule has 0 radical (unpaired) electrons. The van der Waals surface area contributed by atoms with Gasteiger partial charge in [-0.2, -0.15) is 5.10 Å². The van der Waals surface area contributed by atoms with E-state index in [1.54, 1.807) is 13.1 Å². The fourth-order valence-electron chi connectivity index (χ4n) is 2.47. The Hall–Kier alpha value is -1.53. The molecule has 1 aromatic heterocycles. The average molecular weight is 312 g/mol. The predicted molar refractivity (Wildman–Crippen MR) is 77.5 cm³/mol. The van der Waals surface area contributed by atoms with Gasteiger partial charge < -0.3 is 0 Å². The number of hydrogen-bond acceptors (Lipinski definition) is 3. The number of anilines is 1. The molecule has 0 spiro atoms. The second kappa shape index (κ2) is 4.79. The molecular weight excluding hydrogens is 298 g/mol. The first-order valence-electron chi connectivity index (χ1n) is 6.29. The Kier molecular flexibility index (Phi) is 3.22. The Morgan fingerprint density at radius 3 is 2.85 bits per heavy atom. The van der Waals surface area contributed by atoms with Crippen LogP contribution in [0.4, 0.5) is 5.69 Å². The van der Waals surface area contributed by atoms with E-state index in [1.807, 2.05) is 12.1 Å². The fourth-order valence-corrected chi connectivity index (χ4v) is 4.36. The van der Waals surface area contributed by atoms with Gasteiger partial charge in [-0.3, -0.25) is 8.99 Å². The molecule has 1 aromatic carbocycles. The molecule has 3 rings (SSSR count). The highest BCUT2D eigenvalue weighted by atomic mass is 35.5. The Balaban J connectivity index is 2.13. The summed E-state index contributed by atoms with van der Waals surface area (Å²) in [6.45, 7) is 0.438. The molecule has 0 unspecified atom stereocenters. The lowest BCUT2D eigenvalue weighted by molar-refractivity contribution is 0.586. The molecular formula is C13H14ClN3O2S. The van der Waals surface area contributed by atoms with Crippen LogP contribution in [-0.2, 0) is 23.5 Å². The van der Waals surface area contributed by atoms with Crippen LogP contribution in [0.5, 0.6) is 0 Å². The monoisotopic (exact) mass is 311 g/mol. The molecule has 20 heavy (non-hydrogen) atoms. The third kappa shape index (κ3) is 2.09. The highest BCUT2D eigenvalue weighted by Gasteiger charge is 2.31. The van der Waals surface area contributed by atoms with Gasteiger partial charge in [-0.15, -0.1) is 0 Å². The van der Waals surface area contributed by atoms with Crippen molar-refractivity contribution < 1.29 is 8.42 Å². The van der Waals surface area contributed by atoms with Crippen molar-refractivity contribution in [2.45, 2.75) is 17.7 Å². The van der Waals surface area contributed by atoms with Gasteiger partial charge in [0, 0.05) is 19.8 Å². The van der Waals surface area contributed by atoms with Crippen LogP contribution in [0.25, 0.3) is 0 Å². The number of halogens is 1. The third-order valence-electron chi connectivity index (χ3n) is 3.40. The lowest BCUT2D eigenvalue weighted by Gasteiger charge is -2.30. The predicted octanol–water partition coefficient (Wildman–Crippen LogP) is 2.21. The van der Waals surface area contributed by atoms with E-state index in [4.69, 9.17) is 11.6 Å². The van der Waals surface area contributed by atoms with Gasteiger partial charge in [-0.25, -0.2) is 8.42 Å². The van der Waals surface area contributed by atoms with E-state index in [9.17, 15) is 8.42 Å². The van der Waals surface area contributed by atoms with Crippen molar-refractivity contribution in [1.82, 2.24) is 9.78 Å². The number of hydrogen-bond donors (Lipinski definition) is 0. The van der Waals surface area contributed by atoms with Gasteiger partial charge in [0.25, 0.3) is 10.0 Å². The number of fused-ring (bicyclic) bond motifs is 1.